The number of amides is 1. The molecule has 112 valence electrons. The number of anilines is 1. The summed E-state index contributed by atoms with van der Waals surface area (Å²) in [7, 11) is 0. The zero-order valence-corrected chi connectivity index (χ0v) is 12.2. The summed E-state index contributed by atoms with van der Waals surface area (Å²) >= 11 is 0. The summed E-state index contributed by atoms with van der Waals surface area (Å²) < 4.78 is 0. The molecule has 1 heterocycles. The SMILES string of the molecule is CCc1[nH]nc(C(=O)NC(C)(CO)c2ccccc2)c1N. The Kier molecular flexibility index (Phi) is 4.28. The Morgan fingerprint density at radius 2 is 2.10 bits per heavy atom. The van der Waals surface area contributed by atoms with E-state index in [0.717, 1.165) is 11.3 Å². The molecular weight excluding hydrogens is 268 g/mol. The van der Waals surface area contributed by atoms with Crippen molar-refractivity contribution in [3.63, 3.8) is 0 Å². The maximum atomic E-state index is 12.4. The molecular formula is C15H20N4O2. The Labute approximate surface area is 123 Å². The topological polar surface area (TPSA) is 104 Å². The minimum Gasteiger partial charge on any atom is -0.395 e. The summed E-state index contributed by atoms with van der Waals surface area (Å²) in [6, 6.07) is 9.28. The summed E-state index contributed by atoms with van der Waals surface area (Å²) in [5, 5.41) is 19.2. The molecule has 0 fully saturated rings. The molecule has 0 spiro atoms. The highest BCUT2D eigenvalue weighted by Gasteiger charge is 2.30. The van der Waals surface area contributed by atoms with Crippen molar-refractivity contribution >= 4 is 11.6 Å². The lowest BCUT2D eigenvalue weighted by Gasteiger charge is -2.29. The second kappa shape index (κ2) is 5.97. The van der Waals surface area contributed by atoms with Gasteiger partial charge in [0.2, 0.25) is 0 Å². The molecule has 1 amide bonds. The number of hydrogen-bond donors (Lipinski definition) is 4. The molecule has 1 aromatic carbocycles. The number of nitrogens with two attached hydrogens (primary N) is 1. The molecule has 2 aromatic rings. The number of aromatic nitrogens is 2. The summed E-state index contributed by atoms with van der Waals surface area (Å²) in [4.78, 5) is 12.4. The molecule has 1 atom stereocenters. The highest BCUT2D eigenvalue weighted by Crippen LogP contribution is 2.22. The number of aryl methyl sites for hydroxylation is 1. The van der Waals surface area contributed by atoms with E-state index in [1.165, 1.54) is 0 Å². The number of H-pyrrole nitrogens is 1. The number of carbonyl (C=O) groups excluding carboxylic acids is 1. The van der Waals surface area contributed by atoms with E-state index in [4.69, 9.17) is 5.73 Å². The molecule has 0 aliphatic heterocycles. The minimum absolute atomic E-state index is 0.155. The molecule has 0 saturated heterocycles. The first-order chi connectivity index (χ1) is 10.0. The first-order valence-electron chi connectivity index (χ1n) is 6.83. The molecule has 1 unspecified atom stereocenters. The minimum atomic E-state index is -0.893. The third kappa shape index (κ3) is 2.90. The van der Waals surface area contributed by atoms with Crippen LogP contribution in [0, 0.1) is 0 Å². The van der Waals surface area contributed by atoms with Gasteiger partial charge in [-0.25, -0.2) is 0 Å². The van der Waals surface area contributed by atoms with Crippen molar-refractivity contribution in [2.45, 2.75) is 25.8 Å². The first-order valence-corrected chi connectivity index (χ1v) is 6.83. The van der Waals surface area contributed by atoms with Crippen LogP contribution in [0.5, 0.6) is 0 Å². The Balaban J connectivity index is 2.26. The van der Waals surface area contributed by atoms with Crippen molar-refractivity contribution in [3.8, 4) is 0 Å². The van der Waals surface area contributed by atoms with Gasteiger partial charge in [0.1, 0.15) is 0 Å². The van der Waals surface area contributed by atoms with Crippen LogP contribution >= 0.6 is 0 Å². The highest BCUT2D eigenvalue weighted by molar-refractivity contribution is 5.98. The Morgan fingerprint density at radius 3 is 2.62 bits per heavy atom. The van der Waals surface area contributed by atoms with Gasteiger partial charge in [-0.3, -0.25) is 9.89 Å². The van der Waals surface area contributed by atoms with Gasteiger partial charge in [-0.05, 0) is 18.9 Å². The lowest BCUT2D eigenvalue weighted by Crippen LogP contribution is -2.46. The van der Waals surface area contributed by atoms with E-state index >= 15 is 0 Å². The number of aliphatic hydroxyl groups excluding tert-OH is 1. The maximum absolute atomic E-state index is 12.4. The Bertz CT molecular complexity index is 624. The predicted molar refractivity (Wildman–Crippen MR) is 80.7 cm³/mol. The van der Waals surface area contributed by atoms with E-state index in [2.05, 4.69) is 15.5 Å². The molecule has 21 heavy (non-hydrogen) atoms. The lowest BCUT2D eigenvalue weighted by atomic mass is 9.92. The second-order valence-corrected chi connectivity index (χ2v) is 5.13. The summed E-state index contributed by atoms with van der Waals surface area (Å²) in [6.45, 7) is 3.45. The number of nitrogens with zero attached hydrogens (tertiary/aromatic N) is 1. The van der Waals surface area contributed by atoms with E-state index in [1.54, 1.807) is 6.92 Å². The standard InChI is InChI=1S/C15H20N4O2/c1-3-11-12(16)13(19-18-11)14(21)17-15(2,9-20)10-7-5-4-6-8-10/h4-8,20H,3,9,16H2,1-2H3,(H,17,21)(H,18,19). The van der Waals surface area contributed by atoms with Crippen molar-refractivity contribution in [3.05, 3.63) is 47.3 Å². The number of carbonyl (C=O) groups is 1. The molecule has 6 nitrogen and oxygen atoms in total. The molecule has 2 rings (SSSR count). The fourth-order valence-electron chi connectivity index (χ4n) is 2.15. The van der Waals surface area contributed by atoms with Gasteiger partial charge in [-0.15, -0.1) is 0 Å². The van der Waals surface area contributed by atoms with Crippen LogP contribution in [-0.2, 0) is 12.0 Å². The van der Waals surface area contributed by atoms with Crippen molar-refractivity contribution in [1.29, 1.82) is 0 Å². The van der Waals surface area contributed by atoms with E-state index in [-0.39, 0.29) is 12.3 Å². The van der Waals surface area contributed by atoms with Crippen molar-refractivity contribution in [2.75, 3.05) is 12.3 Å². The highest BCUT2D eigenvalue weighted by atomic mass is 16.3. The van der Waals surface area contributed by atoms with Crippen LogP contribution in [0.3, 0.4) is 0 Å². The van der Waals surface area contributed by atoms with Gasteiger partial charge in [-0.2, -0.15) is 5.10 Å². The molecule has 0 aliphatic carbocycles. The molecule has 1 aromatic heterocycles. The number of hydrogen-bond acceptors (Lipinski definition) is 4. The second-order valence-electron chi connectivity index (χ2n) is 5.13. The molecule has 0 saturated carbocycles. The third-order valence-electron chi connectivity index (χ3n) is 3.57. The zero-order valence-electron chi connectivity index (χ0n) is 12.2. The molecule has 5 N–H and O–H groups in total. The van der Waals surface area contributed by atoms with E-state index in [0.29, 0.717) is 12.1 Å². The number of benzene rings is 1. The number of nitrogens with one attached hydrogen (secondary N) is 2. The summed E-state index contributed by atoms with van der Waals surface area (Å²) in [5.74, 6) is -0.413. The summed E-state index contributed by atoms with van der Waals surface area (Å²) in [6.07, 6.45) is 0.669. The average molecular weight is 288 g/mol. The molecule has 0 aliphatic rings. The maximum Gasteiger partial charge on any atom is 0.274 e. The van der Waals surface area contributed by atoms with Gasteiger partial charge < -0.3 is 16.2 Å². The van der Waals surface area contributed by atoms with Gasteiger partial charge in [0.05, 0.1) is 23.5 Å². The van der Waals surface area contributed by atoms with Gasteiger partial charge in [0.25, 0.3) is 5.91 Å². The monoisotopic (exact) mass is 288 g/mol. The largest absolute Gasteiger partial charge is 0.395 e. The average Bonchev–Trinajstić information content (AvgIpc) is 2.89. The van der Waals surface area contributed by atoms with Crippen LogP contribution in [0.2, 0.25) is 0 Å². The van der Waals surface area contributed by atoms with Crippen molar-refractivity contribution in [1.82, 2.24) is 15.5 Å². The Hall–Kier alpha value is -2.34. The van der Waals surface area contributed by atoms with Crippen molar-refractivity contribution < 1.29 is 9.90 Å². The van der Waals surface area contributed by atoms with Crippen LogP contribution in [0.1, 0.15) is 35.6 Å². The van der Waals surface area contributed by atoms with E-state index in [1.807, 2.05) is 37.3 Å². The fraction of sp³-hybridized carbons (Fsp3) is 0.333. The number of aliphatic hydroxyl groups is 1. The first kappa shape index (κ1) is 15.1. The molecule has 0 radical (unpaired) electrons. The molecule has 6 heteroatoms. The quantitative estimate of drug-likeness (QED) is 0.663. The lowest BCUT2D eigenvalue weighted by molar-refractivity contribution is 0.0845. The normalized spacial score (nSPS) is 13.7. The molecule has 0 bridgehead atoms. The van der Waals surface area contributed by atoms with Gasteiger partial charge in [0.15, 0.2) is 5.69 Å². The predicted octanol–water partition coefficient (Wildman–Crippen LogP) is 1.19. The smallest absolute Gasteiger partial charge is 0.274 e. The van der Waals surface area contributed by atoms with Crippen molar-refractivity contribution in [2.24, 2.45) is 0 Å². The third-order valence-corrected chi connectivity index (χ3v) is 3.57. The van der Waals surface area contributed by atoms with Crippen LogP contribution in [-0.4, -0.2) is 27.8 Å². The zero-order chi connectivity index (χ0) is 15.5. The number of aromatic amines is 1. The van der Waals surface area contributed by atoms with E-state index < -0.39 is 11.4 Å². The van der Waals surface area contributed by atoms with Gasteiger partial charge in [-0.1, -0.05) is 37.3 Å². The summed E-state index contributed by atoms with van der Waals surface area (Å²) in [5.41, 5.74) is 7.05. The van der Waals surface area contributed by atoms with Crippen LogP contribution in [0.25, 0.3) is 0 Å². The Morgan fingerprint density at radius 1 is 1.43 bits per heavy atom. The van der Waals surface area contributed by atoms with Crippen LogP contribution in [0.15, 0.2) is 30.3 Å². The fourth-order valence-corrected chi connectivity index (χ4v) is 2.15. The van der Waals surface area contributed by atoms with Gasteiger partial charge >= 0.3 is 0 Å². The van der Waals surface area contributed by atoms with E-state index in [9.17, 15) is 9.90 Å². The van der Waals surface area contributed by atoms with Crippen LogP contribution < -0.4 is 11.1 Å². The van der Waals surface area contributed by atoms with Crippen LogP contribution in [0.4, 0.5) is 5.69 Å². The number of rotatable bonds is 5. The van der Waals surface area contributed by atoms with Gasteiger partial charge in [0, 0.05) is 0 Å². The number of nitrogen functional groups attached to an aromatic ring is 1.